The summed E-state index contributed by atoms with van der Waals surface area (Å²) in [6.07, 6.45) is 5.29. The Morgan fingerprint density at radius 2 is 2.38 bits per heavy atom. The number of imidazole rings is 1. The molecule has 1 saturated heterocycles. The van der Waals surface area contributed by atoms with Gasteiger partial charge in [-0.25, -0.2) is 4.98 Å². The van der Waals surface area contributed by atoms with Crippen molar-refractivity contribution in [2.24, 2.45) is 5.92 Å². The van der Waals surface area contributed by atoms with Crippen LogP contribution in [0, 0.1) is 5.92 Å². The van der Waals surface area contributed by atoms with Crippen molar-refractivity contribution in [1.29, 1.82) is 0 Å². The third-order valence-electron chi connectivity index (χ3n) is 4.07. The van der Waals surface area contributed by atoms with Gasteiger partial charge in [0.15, 0.2) is 0 Å². The Balaban J connectivity index is 1.73. The lowest BCUT2D eigenvalue weighted by molar-refractivity contribution is 0.131. The van der Waals surface area contributed by atoms with Crippen LogP contribution in [0.4, 0.5) is 0 Å². The van der Waals surface area contributed by atoms with Gasteiger partial charge in [-0.1, -0.05) is 13.3 Å². The molecule has 0 bridgehead atoms. The van der Waals surface area contributed by atoms with Crippen LogP contribution in [-0.2, 0) is 13.1 Å². The first kappa shape index (κ1) is 10.3. The lowest BCUT2D eigenvalue weighted by atomic mass is 9.99. The zero-order chi connectivity index (χ0) is 11.0. The van der Waals surface area contributed by atoms with Crippen LogP contribution in [0.5, 0.6) is 0 Å². The second kappa shape index (κ2) is 4.18. The van der Waals surface area contributed by atoms with Crippen LogP contribution >= 0.6 is 0 Å². The van der Waals surface area contributed by atoms with E-state index >= 15 is 0 Å². The molecule has 4 heteroatoms. The summed E-state index contributed by atoms with van der Waals surface area (Å²) in [5, 5.41) is 3.52. The van der Waals surface area contributed by atoms with E-state index in [1.165, 1.54) is 25.3 Å². The van der Waals surface area contributed by atoms with E-state index in [4.69, 9.17) is 0 Å². The minimum absolute atomic E-state index is 0.718. The Hall–Kier alpha value is -0.870. The van der Waals surface area contributed by atoms with Crippen LogP contribution in [0.3, 0.4) is 0 Å². The first-order chi connectivity index (χ1) is 7.88. The maximum atomic E-state index is 4.43. The van der Waals surface area contributed by atoms with Gasteiger partial charge in [0.05, 0.1) is 6.54 Å². The summed E-state index contributed by atoms with van der Waals surface area (Å²) in [4.78, 5) is 7.04. The molecule has 3 heterocycles. The standard InChI is InChI=1S/C12H20N4/c1-2-10-7-13-8-11(10)16-6-5-15-4-3-14-12(15)9-16/h3-4,10-11,13H,2,5-9H2,1H3. The summed E-state index contributed by atoms with van der Waals surface area (Å²) in [7, 11) is 0. The van der Waals surface area contributed by atoms with Crippen molar-refractivity contribution in [2.45, 2.75) is 32.5 Å². The molecule has 2 unspecified atom stereocenters. The molecule has 1 fully saturated rings. The smallest absolute Gasteiger partial charge is 0.122 e. The molecule has 0 radical (unpaired) electrons. The minimum Gasteiger partial charge on any atom is -0.333 e. The van der Waals surface area contributed by atoms with Crippen LogP contribution < -0.4 is 5.32 Å². The minimum atomic E-state index is 0.718. The average molecular weight is 220 g/mol. The molecule has 0 aromatic carbocycles. The highest BCUT2D eigenvalue weighted by molar-refractivity contribution is 4.99. The number of aromatic nitrogens is 2. The van der Waals surface area contributed by atoms with E-state index in [0.29, 0.717) is 0 Å². The molecule has 1 N–H and O–H groups in total. The van der Waals surface area contributed by atoms with Gasteiger partial charge < -0.3 is 9.88 Å². The Labute approximate surface area is 96.7 Å². The zero-order valence-corrected chi connectivity index (χ0v) is 9.89. The molecule has 0 aliphatic carbocycles. The summed E-state index contributed by atoms with van der Waals surface area (Å²) in [6, 6.07) is 0.718. The van der Waals surface area contributed by atoms with E-state index in [0.717, 1.165) is 31.6 Å². The molecular weight excluding hydrogens is 200 g/mol. The van der Waals surface area contributed by atoms with Crippen molar-refractivity contribution in [3.8, 4) is 0 Å². The highest BCUT2D eigenvalue weighted by Crippen LogP contribution is 2.22. The van der Waals surface area contributed by atoms with Crippen LogP contribution in [0.1, 0.15) is 19.2 Å². The molecule has 88 valence electrons. The van der Waals surface area contributed by atoms with E-state index in [2.05, 4.69) is 32.9 Å². The third kappa shape index (κ3) is 1.66. The molecule has 2 aliphatic heterocycles. The quantitative estimate of drug-likeness (QED) is 0.796. The normalized spacial score (nSPS) is 30.6. The van der Waals surface area contributed by atoms with Crippen molar-refractivity contribution in [2.75, 3.05) is 19.6 Å². The Bertz CT molecular complexity index is 360. The fourth-order valence-corrected chi connectivity index (χ4v) is 3.04. The van der Waals surface area contributed by atoms with Gasteiger partial charge in [-0.3, -0.25) is 4.90 Å². The Kier molecular flexibility index (Phi) is 2.69. The molecule has 0 amide bonds. The van der Waals surface area contributed by atoms with Crippen LogP contribution in [0.15, 0.2) is 12.4 Å². The van der Waals surface area contributed by atoms with Gasteiger partial charge in [0.25, 0.3) is 0 Å². The number of nitrogens with one attached hydrogen (secondary N) is 1. The van der Waals surface area contributed by atoms with E-state index in [1.807, 2.05) is 6.20 Å². The fourth-order valence-electron chi connectivity index (χ4n) is 3.04. The van der Waals surface area contributed by atoms with Gasteiger partial charge in [0.2, 0.25) is 0 Å². The lowest BCUT2D eigenvalue weighted by Gasteiger charge is -2.35. The molecule has 0 spiro atoms. The van der Waals surface area contributed by atoms with Crippen molar-refractivity contribution in [3.05, 3.63) is 18.2 Å². The molecule has 2 atom stereocenters. The van der Waals surface area contributed by atoms with E-state index in [9.17, 15) is 0 Å². The summed E-state index contributed by atoms with van der Waals surface area (Å²) in [5.41, 5.74) is 0. The maximum absolute atomic E-state index is 4.43. The molecule has 4 nitrogen and oxygen atoms in total. The van der Waals surface area contributed by atoms with E-state index < -0.39 is 0 Å². The first-order valence-electron chi connectivity index (χ1n) is 6.33. The molecule has 2 aliphatic rings. The molecule has 16 heavy (non-hydrogen) atoms. The predicted octanol–water partition coefficient (Wildman–Crippen LogP) is 0.697. The second-order valence-electron chi connectivity index (χ2n) is 4.90. The molecule has 1 aromatic rings. The number of hydrogen-bond acceptors (Lipinski definition) is 3. The van der Waals surface area contributed by atoms with Gasteiger partial charge in [-0.15, -0.1) is 0 Å². The molecule has 0 saturated carbocycles. The van der Waals surface area contributed by atoms with E-state index in [1.54, 1.807) is 0 Å². The topological polar surface area (TPSA) is 33.1 Å². The van der Waals surface area contributed by atoms with E-state index in [-0.39, 0.29) is 0 Å². The zero-order valence-electron chi connectivity index (χ0n) is 9.89. The Morgan fingerprint density at radius 3 is 3.25 bits per heavy atom. The number of fused-ring (bicyclic) bond motifs is 1. The average Bonchev–Trinajstić information content (AvgIpc) is 2.96. The Morgan fingerprint density at radius 1 is 1.44 bits per heavy atom. The highest BCUT2D eigenvalue weighted by atomic mass is 15.3. The number of hydrogen-bond donors (Lipinski definition) is 1. The van der Waals surface area contributed by atoms with Gasteiger partial charge in [-0.05, 0) is 12.5 Å². The SMILES string of the molecule is CCC1CNCC1N1CCn2ccnc2C1. The van der Waals surface area contributed by atoms with Crippen molar-refractivity contribution >= 4 is 0 Å². The lowest BCUT2D eigenvalue weighted by Crippen LogP contribution is -2.45. The summed E-state index contributed by atoms with van der Waals surface area (Å²) in [5.74, 6) is 2.05. The second-order valence-corrected chi connectivity index (χ2v) is 4.90. The van der Waals surface area contributed by atoms with Gasteiger partial charge in [-0.2, -0.15) is 0 Å². The summed E-state index contributed by atoms with van der Waals surface area (Å²) in [6.45, 7) is 7.94. The van der Waals surface area contributed by atoms with Crippen LogP contribution in [-0.4, -0.2) is 40.1 Å². The fraction of sp³-hybridized carbons (Fsp3) is 0.750. The van der Waals surface area contributed by atoms with Crippen molar-refractivity contribution < 1.29 is 0 Å². The highest BCUT2D eigenvalue weighted by Gasteiger charge is 2.32. The third-order valence-corrected chi connectivity index (χ3v) is 4.07. The first-order valence-corrected chi connectivity index (χ1v) is 6.33. The molecule has 3 rings (SSSR count). The maximum Gasteiger partial charge on any atom is 0.122 e. The predicted molar refractivity (Wildman–Crippen MR) is 63.1 cm³/mol. The van der Waals surface area contributed by atoms with Crippen molar-refractivity contribution in [3.63, 3.8) is 0 Å². The monoisotopic (exact) mass is 220 g/mol. The van der Waals surface area contributed by atoms with Crippen LogP contribution in [0.2, 0.25) is 0 Å². The van der Waals surface area contributed by atoms with Crippen LogP contribution in [0.25, 0.3) is 0 Å². The summed E-state index contributed by atoms with van der Waals surface area (Å²) >= 11 is 0. The van der Waals surface area contributed by atoms with Gasteiger partial charge >= 0.3 is 0 Å². The summed E-state index contributed by atoms with van der Waals surface area (Å²) < 4.78 is 2.28. The molecule has 1 aromatic heterocycles. The van der Waals surface area contributed by atoms with Gasteiger partial charge in [0, 0.05) is 38.1 Å². The number of nitrogens with zero attached hydrogens (tertiary/aromatic N) is 3. The molecular formula is C12H20N4. The largest absolute Gasteiger partial charge is 0.333 e. The number of rotatable bonds is 2. The van der Waals surface area contributed by atoms with Gasteiger partial charge in [0.1, 0.15) is 5.82 Å². The van der Waals surface area contributed by atoms with Crippen molar-refractivity contribution in [1.82, 2.24) is 19.8 Å².